The van der Waals surface area contributed by atoms with Crippen LogP contribution < -0.4 is 0 Å². The molecule has 0 aromatic heterocycles. The number of likely N-dealkylation sites (tertiary alicyclic amines) is 1. The smallest absolute Gasteiger partial charge is 0.335 e. The molecule has 1 N–H and O–H groups in total. The number of benzene rings is 1. The number of carbonyl (C=O) groups excluding carboxylic acids is 1. The van der Waals surface area contributed by atoms with Crippen molar-refractivity contribution in [2.24, 2.45) is 0 Å². The van der Waals surface area contributed by atoms with E-state index in [1.54, 1.807) is 17.0 Å². The second kappa shape index (κ2) is 7.94. The summed E-state index contributed by atoms with van der Waals surface area (Å²) in [6.07, 6.45) is 3.95. The third-order valence-corrected chi connectivity index (χ3v) is 3.88. The van der Waals surface area contributed by atoms with Gasteiger partial charge in [0.25, 0.3) is 5.91 Å². The highest BCUT2D eigenvalue weighted by atomic mass is 16.5. The van der Waals surface area contributed by atoms with E-state index in [0.29, 0.717) is 18.7 Å². The Morgan fingerprint density at radius 2 is 2.05 bits per heavy atom. The van der Waals surface area contributed by atoms with E-state index >= 15 is 0 Å². The number of carboxylic acids is 1. The molecule has 1 atom stereocenters. The molecule has 0 spiro atoms. The predicted molar refractivity (Wildman–Crippen MR) is 83.2 cm³/mol. The van der Waals surface area contributed by atoms with Crippen LogP contribution in [-0.4, -0.2) is 47.7 Å². The maximum Gasteiger partial charge on any atom is 0.335 e. The molecule has 1 aliphatic rings. The van der Waals surface area contributed by atoms with Crippen molar-refractivity contribution in [1.82, 2.24) is 4.90 Å². The van der Waals surface area contributed by atoms with Crippen LogP contribution in [0.15, 0.2) is 24.3 Å². The van der Waals surface area contributed by atoms with Gasteiger partial charge in [-0.2, -0.15) is 0 Å². The molecule has 1 saturated heterocycles. The molecule has 22 heavy (non-hydrogen) atoms. The van der Waals surface area contributed by atoms with E-state index in [0.717, 1.165) is 32.3 Å². The quantitative estimate of drug-likeness (QED) is 0.908. The SMILES string of the molecule is CCCO[C@H]1CCCN(C(=O)c2cccc(C(=O)O)c2)CC1. The second-order valence-corrected chi connectivity index (χ2v) is 5.60. The predicted octanol–water partition coefficient (Wildman–Crippen LogP) is 2.81. The summed E-state index contributed by atoms with van der Waals surface area (Å²) in [5, 5.41) is 9.02. The molecule has 0 saturated carbocycles. The first-order valence-electron chi connectivity index (χ1n) is 7.86. The van der Waals surface area contributed by atoms with Crippen LogP contribution in [0.1, 0.15) is 53.3 Å². The Morgan fingerprint density at radius 1 is 1.27 bits per heavy atom. The van der Waals surface area contributed by atoms with Crippen LogP contribution in [0, 0.1) is 0 Å². The lowest BCUT2D eigenvalue weighted by Gasteiger charge is -2.21. The number of nitrogens with zero attached hydrogens (tertiary/aromatic N) is 1. The van der Waals surface area contributed by atoms with E-state index in [4.69, 9.17) is 9.84 Å². The maximum absolute atomic E-state index is 12.5. The highest BCUT2D eigenvalue weighted by Crippen LogP contribution is 2.17. The van der Waals surface area contributed by atoms with Crippen LogP contribution in [0.2, 0.25) is 0 Å². The van der Waals surface area contributed by atoms with Gasteiger partial charge in [-0.3, -0.25) is 4.79 Å². The number of carboxylic acid groups (broad SMARTS) is 1. The van der Waals surface area contributed by atoms with Crippen LogP contribution in [0.5, 0.6) is 0 Å². The number of hydrogen-bond acceptors (Lipinski definition) is 3. The number of rotatable bonds is 5. The molecule has 0 bridgehead atoms. The van der Waals surface area contributed by atoms with Gasteiger partial charge in [-0.05, 0) is 43.9 Å². The summed E-state index contributed by atoms with van der Waals surface area (Å²) in [5.74, 6) is -1.11. The molecule has 0 aliphatic carbocycles. The molecule has 1 heterocycles. The lowest BCUT2D eigenvalue weighted by molar-refractivity contribution is 0.0432. The Balaban J connectivity index is 2.00. The van der Waals surface area contributed by atoms with Gasteiger partial charge in [0.05, 0.1) is 11.7 Å². The molecule has 1 fully saturated rings. The third kappa shape index (κ3) is 4.31. The zero-order valence-corrected chi connectivity index (χ0v) is 13.0. The van der Waals surface area contributed by atoms with E-state index in [1.165, 1.54) is 12.1 Å². The Bertz CT molecular complexity index is 529. The minimum atomic E-state index is -1.02. The molecule has 1 aromatic carbocycles. The number of ether oxygens (including phenoxy) is 1. The summed E-state index contributed by atoms with van der Waals surface area (Å²) < 4.78 is 5.78. The van der Waals surface area contributed by atoms with Crippen LogP contribution in [-0.2, 0) is 4.74 Å². The topological polar surface area (TPSA) is 66.8 Å². The van der Waals surface area contributed by atoms with Crippen molar-refractivity contribution >= 4 is 11.9 Å². The molecular weight excluding hydrogens is 282 g/mol. The lowest BCUT2D eigenvalue weighted by Crippen LogP contribution is -2.32. The zero-order chi connectivity index (χ0) is 15.9. The van der Waals surface area contributed by atoms with Crippen molar-refractivity contribution in [3.05, 3.63) is 35.4 Å². The van der Waals surface area contributed by atoms with E-state index in [9.17, 15) is 9.59 Å². The van der Waals surface area contributed by atoms with Gasteiger partial charge >= 0.3 is 5.97 Å². The van der Waals surface area contributed by atoms with Crippen molar-refractivity contribution in [2.45, 2.75) is 38.7 Å². The van der Waals surface area contributed by atoms with Crippen molar-refractivity contribution in [2.75, 3.05) is 19.7 Å². The van der Waals surface area contributed by atoms with Gasteiger partial charge in [0.1, 0.15) is 0 Å². The van der Waals surface area contributed by atoms with Gasteiger partial charge in [-0.25, -0.2) is 4.79 Å². The molecule has 1 amide bonds. The molecule has 120 valence electrons. The van der Waals surface area contributed by atoms with Crippen molar-refractivity contribution in [1.29, 1.82) is 0 Å². The molecule has 0 radical (unpaired) electrons. The van der Waals surface area contributed by atoms with E-state index in [-0.39, 0.29) is 17.6 Å². The molecule has 5 heteroatoms. The summed E-state index contributed by atoms with van der Waals surface area (Å²) in [6, 6.07) is 6.23. The normalized spacial score (nSPS) is 18.8. The van der Waals surface area contributed by atoms with Gasteiger partial charge < -0.3 is 14.7 Å². The fraction of sp³-hybridized carbons (Fsp3) is 0.529. The van der Waals surface area contributed by atoms with Gasteiger partial charge in [-0.1, -0.05) is 13.0 Å². The number of aromatic carboxylic acids is 1. The van der Waals surface area contributed by atoms with Crippen LogP contribution in [0.4, 0.5) is 0 Å². The van der Waals surface area contributed by atoms with E-state index in [2.05, 4.69) is 6.92 Å². The Hall–Kier alpha value is -1.88. The Morgan fingerprint density at radius 3 is 2.77 bits per heavy atom. The molecular formula is C17H23NO4. The number of carbonyl (C=O) groups is 2. The molecule has 5 nitrogen and oxygen atoms in total. The van der Waals surface area contributed by atoms with Crippen LogP contribution >= 0.6 is 0 Å². The minimum Gasteiger partial charge on any atom is -0.478 e. The van der Waals surface area contributed by atoms with Gasteiger partial charge in [-0.15, -0.1) is 0 Å². The van der Waals surface area contributed by atoms with Crippen LogP contribution in [0.3, 0.4) is 0 Å². The Kier molecular flexibility index (Phi) is 5.95. The maximum atomic E-state index is 12.5. The molecule has 0 unspecified atom stereocenters. The number of hydrogen-bond donors (Lipinski definition) is 1. The average Bonchev–Trinajstić information content (AvgIpc) is 2.78. The first kappa shape index (κ1) is 16.5. The third-order valence-electron chi connectivity index (χ3n) is 3.88. The summed E-state index contributed by atoms with van der Waals surface area (Å²) in [4.78, 5) is 25.4. The van der Waals surface area contributed by atoms with Crippen molar-refractivity contribution < 1.29 is 19.4 Å². The fourth-order valence-corrected chi connectivity index (χ4v) is 2.69. The summed E-state index contributed by atoms with van der Waals surface area (Å²) in [5.41, 5.74) is 0.581. The monoisotopic (exact) mass is 305 g/mol. The minimum absolute atomic E-state index is 0.0979. The van der Waals surface area contributed by atoms with Crippen molar-refractivity contribution in [3.63, 3.8) is 0 Å². The van der Waals surface area contributed by atoms with Gasteiger partial charge in [0.15, 0.2) is 0 Å². The number of amides is 1. The first-order valence-corrected chi connectivity index (χ1v) is 7.86. The van der Waals surface area contributed by atoms with Gasteiger partial charge in [0.2, 0.25) is 0 Å². The molecule has 2 rings (SSSR count). The summed E-state index contributed by atoms with van der Waals surface area (Å²) in [6.45, 7) is 4.20. The zero-order valence-electron chi connectivity index (χ0n) is 13.0. The second-order valence-electron chi connectivity index (χ2n) is 5.60. The lowest BCUT2D eigenvalue weighted by atomic mass is 10.1. The Labute approximate surface area is 130 Å². The highest BCUT2D eigenvalue weighted by molar-refractivity contribution is 5.97. The fourth-order valence-electron chi connectivity index (χ4n) is 2.69. The summed E-state index contributed by atoms with van der Waals surface area (Å²) in [7, 11) is 0. The standard InChI is InChI=1S/C17H23NO4/c1-2-11-22-15-7-4-9-18(10-8-15)16(19)13-5-3-6-14(12-13)17(20)21/h3,5-6,12,15H,2,4,7-11H2,1H3,(H,20,21)/t15-/m0/s1. The highest BCUT2D eigenvalue weighted by Gasteiger charge is 2.22. The largest absolute Gasteiger partial charge is 0.478 e. The molecule has 1 aromatic rings. The van der Waals surface area contributed by atoms with Crippen molar-refractivity contribution in [3.8, 4) is 0 Å². The van der Waals surface area contributed by atoms with Crippen LogP contribution in [0.25, 0.3) is 0 Å². The molecule has 1 aliphatic heterocycles. The first-order chi connectivity index (χ1) is 10.6. The van der Waals surface area contributed by atoms with E-state index < -0.39 is 5.97 Å². The van der Waals surface area contributed by atoms with Gasteiger partial charge in [0, 0.05) is 25.3 Å². The summed E-state index contributed by atoms with van der Waals surface area (Å²) >= 11 is 0. The average molecular weight is 305 g/mol. The van der Waals surface area contributed by atoms with E-state index in [1.807, 2.05) is 0 Å².